The number of hydrogen-bond acceptors (Lipinski definition) is 6. The van der Waals surface area contributed by atoms with Crippen LogP contribution in [0.4, 0.5) is 0 Å². The molecule has 0 atom stereocenters. The monoisotopic (exact) mass is 312 g/mol. The van der Waals surface area contributed by atoms with Gasteiger partial charge in [-0.05, 0) is 18.2 Å². The minimum Gasteiger partial charge on any atom is -0.343 e. The van der Waals surface area contributed by atoms with Crippen LogP contribution in [0.15, 0.2) is 18.2 Å². The van der Waals surface area contributed by atoms with Crippen LogP contribution in [0.3, 0.4) is 0 Å². The average molecular weight is 313 g/mol. The molecule has 18 heavy (non-hydrogen) atoms. The lowest BCUT2D eigenvalue weighted by Gasteiger charge is -2.03. The Kier molecular flexibility index (Phi) is 5.21. The van der Waals surface area contributed by atoms with Gasteiger partial charge in [-0.1, -0.05) is 0 Å². The van der Waals surface area contributed by atoms with E-state index in [2.05, 4.69) is 12.9 Å². The van der Waals surface area contributed by atoms with E-state index in [9.17, 15) is 14.4 Å². The van der Waals surface area contributed by atoms with Gasteiger partial charge in [-0.3, -0.25) is 0 Å². The molecule has 0 aromatic heterocycles. The summed E-state index contributed by atoms with van der Waals surface area (Å²) in [5.41, 5.74) is -0.537. The Morgan fingerprint density at radius 3 is 1.06 bits per heavy atom. The zero-order chi connectivity index (χ0) is 13.7. The van der Waals surface area contributed by atoms with Crippen LogP contribution in [-0.2, 0) is 12.9 Å². The van der Waals surface area contributed by atoms with E-state index in [4.69, 9.17) is 35.6 Å². The second-order valence-electron chi connectivity index (χ2n) is 2.89. The van der Waals surface area contributed by atoms with Crippen LogP contribution >= 0.6 is 35.6 Å². The van der Waals surface area contributed by atoms with Crippen molar-refractivity contribution in [1.82, 2.24) is 0 Å². The number of hydrogen-bond donors (Lipinski definition) is 0. The molecule has 96 valence electrons. The van der Waals surface area contributed by atoms with Crippen molar-refractivity contribution in [3.05, 3.63) is 34.9 Å². The molecule has 6 nitrogen and oxygen atoms in total. The molecular weight excluding hydrogens is 310 g/mol. The van der Waals surface area contributed by atoms with Crippen molar-refractivity contribution in [2.24, 2.45) is 0 Å². The molecular formula is C9H3Cl3O6. The van der Waals surface area contributed by atoms with E-state index in [1.54, 1.807) is 0 Å². The Balaban J connectivity index is 3.32. The van der Waals surface area contributed by atoms with Gasteiger partial charge in [-0.15, -0.1) is 0 Å². The molecule has 1 rings (SSSR count). The summed E-state index contributed by atoms with van der Waals surface area (Å²) >= 11 is 14.7. The molecule has 0 spiro atoms. The molecule has 0 saturated heterocycles. The van der Waals surface area contributed by atoms with Crippen molar-refractivity contribution in [3.8, 4) is 0 Å². The molecule has 0 radical (unpaired) electrons. The third-order valence-electron chi connectivity index (χ3n) is 1.85. The summed E-state index contributed by atoms with van der Waals surface area (Å²) < 4.78 is 11.8. The zero-order valence-corrected chi connectivity index (χ0v) is 10.6. The van der Waals surface area contributed by atoms with E-state index >= 15 is 0 Å². The van der Waals surface area contributed by atoms with Crippen molar-refractivity contribution in [1.29, 1.82) is 0 Å². The van der Waals surface area contributed by atoms with Crippen LogP contribution in [0.2, 0.25) is 0 Å². The predicted molar refractivity (Wildman–Crippen MR) is 60.2 cm³/mol. The summed E-state index contributed by atoms with van der Waals surface area (Å²) in [6, 6.07) is 3.21. The van der Waals surface area contributed by atoms with Crippen molar-refractivity contribution in [2.75, 3.05) is 0 Å². The molecule has 9 heteroatoms. The van der Waals surface area contributed by atoms with Crippen molar-refractivity contribution in [3.63, 3.8) is 0 Å². The van der Waals surface area contributed by atoms with Crippen molar-refractivity contribution >= 4 is 53.5 Å². The molecule has 0 unspecified atom stereocenters. The fourth-order valence-corrected chi connectivity index (χ4v) is 1.38. The first-order valence-electron chi connectivity index (χ1n) is 4.17. The standard InChI is InChI=1S/C9H3Cl3O6/c10-16-7(13)4-1-5(8(14)17-11)3-6(2-4)9(15)18-12/h1-3H. The van der Waals surface area contributed by atoms with E-state index in [0.717, 1.165) is 18.2 Å². The molecule has 0 heterocycles. The first-order chi connectivity index (χ1) is 8.53. The highest BCUT2D eigenvalue weighted by atomic mass is 35.5. The highest BCUT2D eigenvalue weighted by Gasteiger charge is 2.18. The topological polar surface area (TPSA) is 78.9 Å². The maximum atomic E-state index is 11.2. The van der Waals surface area contributed by atoms with Gasteiger partial charge in [0, 0.05) is 0 Å². The minimum atomic E-state index is -0.982. The van der Waals surface area contributed by atoms with Crippen molar-refractivity contribution < 1.29 is 27.3 Å². The van der Waals surface area contributed by atoms with Gasteiger partial charge in [0.25, 0.3) is 0 Å². The highest BCUT2D eigenvalue weighted by molar-refractivity contribution is 6.19. The SMILES string of the molecule is O=C(OCl)c1cc(C(=O)OCl)cc(C(=O)OCl)c1. The molecule has 1 aromatic carbocycles. The molecule has 1 aromatic rings. The van der Waals surface area contributed by atoms with Gasteiger partial charge < -0.3 is 12.9 Å². The molecule has 0 bridgehead atoms. The Labute approximate surface area is 116 Å². The van der Waals surface area contributed by atoms with Crippen LogP contribution in [0.5, 0.6) is 0 Å². The molecule has 0 saturated carbocycles. The second-order valence-corrected chi connectivity index (χ2v) is 3.36. The van der Waals surface area contributed by atoms with E-state index in [-0.39, 0.29) is 16.7 Å². The van der Waals surface area contributed by atoms with E-state index in [0.29, 0.717) is 0 Å². The number of carbonyl (C=O) groups excluding carboxylic acids is 3. The molecule has 0 aliphatic rings. The lowest BCUT2D eigenvalue weighted by atomic mass is 10.1. The first-order valence-corrected chi connectivity index (χ1v) is 5.10. The van der Waals surface area contributed by atoms with Crippen LogP contribution in [0.25, 0.3) is 0 Å². The second kappa shape index (κ2) is 6.44. The fourth-order valence-electron chi connectivity index (χ4n) is 1.11. The third kappa shape index (κ3) is 3.25. The van der Waals surface area contributed by atoms with Gasteiger partial charge in [0.05, 0.1) is 16.7 Å². The normalized spacial score (nSPS) is 9.50. The number of carbonyl (C=O) groups is 3. The molecule has 0 aliphatic heterocycles. The Hall–Kier alpha value is -1.50. The Morgan fingerprint density at radius 2 is 0.889 bits per heavy atom. The van der Waals surface area contributed by atoms with Gasteiger partial charge in [0.2, 0.25) is 0 Å². The van der Waals surface area contributed by atoms with Crippen LogP contribution in [-0.4, -0.2) is 17.9 Å². The first kappa shape index (κ1) is 14.6. The quantitative estimate of drug-likeness (QED) is 0.853. The summed E-state index contributed by atoms with van der Waals surface area (Å²) in [4.78, 5) is 33.6. The van der Waals surface area contributed by atoms with Crippen molar-refractivity contribution in [2.45, 2.75) is 0 Å². The number of halogens is 3. The lowest BCUT2D eigenvalue weighted by molar-refractivity contribution is 0.0751. The smallest absolute Gasteiger partial charge is 0.343 e. The van der Waals surface area contributed by atoms with E-state index in [1.807, 2.05) is 0 Å². The van der Waals surface area contributed by atoms with E-state index in [1.165, 1.54) is 0 Å². The van der Waals surface area contributed by atoms with Gasteiger partial charge >= 0.3 is 17.9 Å². The average Bonchev–Trinajstić information content (AvgIpc) is 2.43. The van der Waals surface area contributed by atoms with Gasteiger partial charge in [0.15, 0.2) is 0 Å². The van der Waals surface area contributed by atoms with Gasteiger partial charge in [-0.25, -0.2) is 14.4 Å². The van der Waals surface area contributed by atoms with E-state index < -0.39 is 17.9 Å². The zero-order valence-electron chi connectivity index (χ0n) is 8.32. The Bertz CT molecular complexity index is 417. The van der Waals surface area contributed by atoms with Crippen LogP contribution in [0.1, 0.15) is 31.1 Å². The predicted octanol–water partition coefficient (Wildman–Crippen LogP) is 2.62. The summed E-state index contributed by atoms with van der Waals surface area (Å²) in [6.45, 7) is 0. The fraction of sp³-hybridized carbons (Fsp3) is 0. The summed E-state index contributed by atoms with van der Waals surface area (Å²) in [5.74, 6) is -2.95. The highest BCUT2D eigenvalue weighted by Crippen LogP contribution is 2.15. The largest absolute Gasteiger partial charge is 0.356 e. The van der Waals surface area contributed by atoms with Crippen LogP contribution in [0, 0.1) is 0 Å². The minimum absolute atomic E-state index is 0.179. The summed E-state index contributed by atoms with van der Waals surface area (Å²) in [5, 5.41) is 0. The summed E-state index contributed by atoms with van der Waals surface area (Å²) in [7, 11) is 0. The Morgan fingerprint density at radius 1 is 0.667 bits per heavy atom. The van der Waals surface area contributed by atoms with Gasteiger partial charge in [-0.2, -0.15) is 0 Å². The molecule has 0 N–H and O–H groups in total. The maximum Gasteiger partial charge on any atom is 0.356 e. The maximum absolute atomic E-state index is 11.2. The third-order valence-corrected chi connectivity index (χ3v) is 2.27. The number of benzene rings is 1. The summed E-state index contributed by atoms with van der Waals surface area (Å²) in [6.07, 6.45) is 0. The van der Waals surface area contributed by atoms with Gasteiger partial charge in [0.1, 0.15) is 35.6 Å². The van der Waals surface area contributed by atoms with Crippen LogP contribution < -0.4 is 0 Å². The molecule has 0 amide bonds. The lowest BCUT2D eigenvalue weighted by Crippen LogP contribution is -2.08. The molecule has 0 fully saturated rings. The number of rotatable bonds is 3. The molecule has 0 aliphatic carbocycles.